The van der Waals surface area contributed by atoms with E-state index in [4.69, 9.17) is 0 Å². The van der Waals surface area contributed by atoms with Gasteiger partial charge < -0.3 is 0 Å². The molecule has 0 unspecified atom stereocenters. The predicted octanol–water partition coefficient (Wildman–Crippen LogP) is 3.73. The number of aromatic nitrogens is 1. The number of hydrogen-bond donors (Lipinski definition) is 0. The summed E-state index contributed by atoms with van der Waals surface area (Å²) in [5, 5.41) is 0. The van der Waals surface area contributed by atoms with Gasteiger partial charge in [0.2, 0.25) is 11.3 Å². The van der Waals surface area contributed by atoms with Gasteiger partial charge in [-0.05, 0) is 12.1 Å². The van der Waals surface area contributed by atoms with E-state index in [1.54, 1.807) is 11.3 Å². The van der Waals surface area contributed by atoms with Crippen molar-refractivity contribution >= 4 is 31.8 Å². The molecule has 0 aliphatic carbocycles. The first kappa shape index (κ1) is 7.83. The van der Waals surface area contributed by atoms with Gasteiger partial charge in [-0.2, -0.15) is 0 Å². The van der Waals surface area contributed by atoms with Gasteiger partial charge in [0.15, 0.2) is 0 Å². The van der Waals surface area contributed by atoms with Crippen molar-refractivity contribution in [2.24, 2.45) is 0 Å². The van der Waals surface area contributed by atoms with Crippen LogP contribution in [0, 0.1) is 0 Å². The molecule has 66 valence electrons. The Morgan fingerprint density at radius 3 is 1.79 bits per heavy atom. The minimum atomic E-state index is 1.08. The lowest BCUT2D eigenvalue weighted by molar-refractivity contribution is 1.52. The Morgan fingerprint density at radius 2 is 1.21 bits per heavy atom. The van der Waals surface area contributed by atoms with E-state index < -0.39 is 0 Å². The Hall–Kier alpha value is -1.54. The molecule has 14 heavy (non-hydrogen) atoms. The second-order valence-corrected chi connectivity index (χ2v) is 4.23. The van der Waals surface area contributed by atoms with E-state index in [0.29, 0.717) is 0 Å². The van der Waals surface area contributed by atoms with Gasteiger partial charge in [0.25, 0.3) is 9.40 Å². The maximum absolute atomic E-state index is 4.59. The van der Waals surface area contributed by atoms with Gasteiger partial charge >= 0.3 is 0 Å². The molecule has 0 amide bonds. The van der Waals surface area contributed by atoms with E-state index in [2.05, 4.69) is 41.4 Å². The topological polar surface area (TPSA) is 12.9 Å². The largest absolute Gasteiger partial charge is 0.257 e. The lowest BCUT2D eigenvalue weighted by atomic mass is 10.3. The molecule has 3 rings (SSSR count). The molecular formula is C12H8NS+. The third-order valence-electron chi connectivity index (χ3n) is 2.19. The van der Waals surface area contributed by atoms with Crippen LogP contribution in [-0.2, 0) is 0 Å². The van der Waals surface area contributed by atoms with Crippen LogP contribution < -0.4 is 0 Å². The molecule has 0 N–H and O–H groups in total. The number of benzene rings is 2. The minimum absolute atomic E-state index is 1.08. The van der Waals surface area contributed by atoms with E-state index >= 15 is 0 Å². The van der Waals surface area contributed by atoms with Crippen molar-refractivity contribution in [2.45, 2.75) is 0 Å². The highest BCUT2D eigenvalue weighted by Gasteiger charge is 2.09. The number of para-hydroxylation sites is 2. The van der Waals surface area contributed by atoms with Crippen molar-refractivity contribution in [2.75, 3.05) is 0 Å². The molecule has 1 nitrogen and oxygen atoms in total. The summed E-state index contributed by atoms with van der Waals surface area (Å²) in [5.41, 5.74) is 2.16. The lowest BCUT2D eigenvalue weighted by Gasteiger charge is -1.89. The van der Waals surface area contributed by atoms with E-state index in [9.17, 15) is 0 Å². The van der Waals surface area contributed by atoms with Crippen molar-refractivity contribution in [1.29, 1.82) is 0 Å². The molecule has 1 heterocycles. The summed E-state index contributed by atoms with van der Waals surface area (Å²) in [5.74, 6) is 0. The minimum Gasteiger partial charge on any atom is -0.237 e. The summed E-state index contributed by atoms with van der Waals surface area (Å²) < 4.78 is 2.48. The molecule has 0 saturated heterocycles. The molecule has 0 aliphatic rings. The molecule has 0 atom stereocenters. The predicted molar refractivity (Wildman–Crippen MR) is 61.5 cm³/mol. The molecular weight excluding hydrogens is 190 g/mol. The first-order valence-corrected chi connectivity index (χ1v) is 5.33. The molecule has 2 heteroatoms. The maximum Gasteiger partial charge on any atom is 0.257 e. The Labute approximate surface area is 85.7 Å². The zero-order valence-corrected chi connectivity index (χ0v) is 8.29. The number of rotatable bonds is 0. The summed E-state index contributed by atoms with van der Waals surface area (Å²) in [4.78, 5) is 4.59. The fourth-order valence-corrected chi connectivity index (χ4v) is 2.49. The molecule has 0 radical (unpaired) electrons. The summed E-state index contributed by atoms with van der Waals surface area (Å²) in [6, 6.07) is 16.5. The zero-order valence-electron chi connectivity index (χ0n) is 7.47. The van der Waals surface area contributed by atoms with Gasteiger partial charge in [0.1, 0.15) is 11.0 Å². The van der Waals surface area contributed by atoms with Crippen molar-refractivity contribution in [3.8, 4) is 0 Å². The van der Waals surface area contributed by atoms with Crippen LogP contribution in [0.2, 0.25) is 0 Å². The van der Waals surface area contributed by atoms with Gasteiger partial charge in [-0.3, -0.25) is 0 Å². The highest BCUT2D eigenvalue weighted by Crippen LogP contribution is 2.24. The van der Waals surface area contributed by atoms with Crippen LogP contribution in [-0.4, -0.2) is 4.98 Å². The van der Waals surface area contributed by atoms with Crippen molar-refractivity contribution in [3.05, 3.63) is 48.5 Å². The molecule has 2 aromatic carbocycles. The second-order valence-electron chi connectivity index (χ2n) is 3.15. The number of hydrogen-bond acceptors (Lipinski definition) is 1. The third kappa shape index (κ3) is 1.16. The quantitative estimate of drug-likeness (QED) is 0.396. The summed E-state index contributed by atoms with van der Waals surface area (Å²) >= 11 is 1.79. The first-order valence-electron chi connectivity index (χ1n) is 4.51. The van der Waals surface area contributed by atoms with Crippen LogP contribution in [0.25, 0.3) is 20.4 Å². The van der Waals surface area contributed by atoms with Crippen molar-refractivity contribution in [1.82, 2.24) is 4.98 Å². The van der Waals surface area contributed by atoms with E-state index in [1.807, 2.05) is 12.1 Å². The molecule has 0 aliphatic heterocycles. The monoisotopic (exact) mass is 198 g/mol. The standard InChI is InChI=1S/C12H8NS/c1-3-7-11-9(5-1)13-10-6-2-4-8-12(10)14-11/h1-8H/q+1. The summed E-state index contributed by atoms with van der Waals surface area (Å²) in [6.07, 6.45) is 0. The van der Waals surface area contributed by atoms with Crippen LogP contribution in [0.15, 0.2) is 48.5 Å². The van der Waals surface area contributed by atoms with Crippen molar-refractivity contribution in [3.63, 3.8) is 0 Å². The van der Waals surface area contributed by atoms with Crippen LogP contribution in [0.5, 0.6) is 0 Å². The van der Waals surface area contributed by atoms with Gasteiger partial charge in [-0.15, -0.1) is 0 Å². The second kappa shape index (κ2) is 3.00. The van der Waals surface area contributed by atoms with Gasteiger partial charge in [-0.1, -0.05) is 24.3 Å². The Morgan fingerprint density at radius 1 is 0.714 bits per heavy atom. The molecule has 0 fully saturated rings. The SMILES string of the molecule is c1ccc2[s+]c3ccccc3nc2c1. The Kier molecular flexibility index (Phi) is 1.67. The zero-order chi connectivity index (χ0) is 9.38. The van der Waals surface area contributed by atoms with Gasteiger partial charge in [0.05, 0.1) is 0 Å². The highest BCUT2D eigenvalue weighted by atomic mass is 32.1. The van der Waals surface area contributed by atoms with Crippen LogP contribution >= 0.6 is 11.3 Å². The normalized spacial score (nSPS) is 10.9. The third-order valence-corrected chi connectivity index (χ3v) is 3.32. The first-order chi connectivity index (χ1) is 6.93. The fraction of sp³-hybridized carbons (Fsp3) is 0. The summed E-state index contributed by atoms with van der Waals surface area (Å²) in [7, 11) is 0. The highest BCUT2D eigenvalue weighted by molar-refractivity contribution is 7.24. The van der Waals surface area contributed by atoms with Crippen LogP contribution in [0.3, 0.4) is 0 Å². The molecule has 0 bridgehead atoms. The Balaban J connectivity index is 2.52. The Bertz CT molecular complexity index is 499. The molecule has 3 aromatic rings. The van der Waals surface area contributed by atoms with Crippen LogP contribution in [0.1, 0.15) is 0 Å². The van der Waals surface area contributed by atoms with Gasteiger partial charge in [0, 0.05) is 12.1 Å². The smallest absolute Gasteiger partial charge is 0.237 e. The van der Waals surface area contributed by atoms with Crippen LogP contribution in [0.4, 0.5) is 0 Å². The van der Waals surface area contributed by atoms with Gasteiger partial charge in [-0.25, -0.2) is 4.98 Å². The lowest BCUT2D eigenvalue weighted by Crippen LogP contribution is -1.77. The van der Waals surface area contributed by atoms with E-state index in [1.165, 1.54) is 9.40 Å². The number of fused-ring (bicyclic) bond motifs is 2. The molecule has 0 spiro atoms. The molecule has 1 aromatic heterocycles. The van der Waals surface area contributed by atoms with Crippen molar-refractivity contribution < 1.29 is 0 Å². The van der Waals surface area contributed by atoms with E-state index in [0.717, 1.165) is 11.0 Å². The maximum atomic E-state index is 4.59. The number of nitrogens with zero attached hydrogens (tertiary/aromatic N) is 1. The fourth-order valence-electron chi connectivity index (χ4n) is 1.52. The molecule has 0 saturated carbocycles. The average molecular weight is 198 g/mol. The summed E-state index contributed by atoms with van der Waals surface area (Å²) in [6.45, 7) is 0. The average Bonchev–Trinajstić information content (AvgIpc) is 2.26. The van der Waals surface area contributed by atoms with E-state index in [-0.39, 0.29) is 0 Å².